The third-order valence-electron chi connectivity index (χ3n) is 5.58. The van der Waals surface area contributed by atoms with Gasteiger partial charge in [0.25, 0.3) is 5.91 Å². The highest BCUT2D eigenvalue weighted by Crippen LogP contribution is 2.34. The molecule has 3 aromatic rings. The molecule has 0 spiro atoms. The van der Waals surface area contributed by atoms with E-state index in [-0.39, 0.29) is 5.91 Å². The fraction of sp³-hybridized carbons (Fsp3) is 0.333. The summed E-state index contributed by atoms with van der Waals surface area (Å²) in [4.78, 5) is 15.4. The minimum Gasteiger partial charge on any atom is -0.493 e. The van der Waals surface area contributed by atoms with Gasteiger partial charge in [-0.05, 0) is 48.6 Å². The smallest absolute Gasteiger partial charge is 0.275 e. The second-order valence-electron chi connectivity index (χ2n) is 7.74. The lowest BCUT2D eigenvalue weighted by Gasteiger charge is -2.30. The van der Waals surface area contributed by atoms with E-state index in [1.165, 1.54) is 0 Å². The number of likely N-dealkylation sites (tertiary alicyclic amines) is 1. The number of benzene rings is 2. The van der Waals surface area contributed by atoms with E-state index in [1.54, 1.807) is 18.9 Å². The van der Waals surface area contributed by atoms with Crippen molar-refractivity contribution in [3.63, 3.8) is 0 Å². The van der Waals surface area contributed by atoms with Crippen LogP contribution in [0.15, 0.2) is 54.7 Å². The summed E-state index contributed by atoms with van der Waals surface area (Å²) < 4.78 is 12.6. The van der Waals surface area contributed by atoms with Gasteiger partial charge in [0.15, 0.2) is 17.2 Å². The highest BCUT2D eigenvalue weighted by Gasteiger charge is 2.27. The van der Waals surface area contributed by atoms with Gasteiger partial charge in [-0.1, -0.05) is 31.2 Å². The normalized spacial score (nSPS) is 16.4. The number of para-hydroxylation sites is 1. The Hall–Kier alpha value is -3.28. The van der Waals surface area contributed by atoms with Crippen molar-refractivity contribution < 1.29 is 14.3 Å². The van der Waals surface area contributed by atoms with E-state index in [9.17, 15) is 4.79 Å². The number of carbonyl (C=O) groups excluding carboxylic acids is 1. The van der Waals surface area contributed by atoms with E-state index in [4.69, 9.17) is 14.6 Å². The zero-order chi connectivity index (χ0) is 21.1. The molecule has 1 atom stereocenters. The number of carbonyl (C=O) groups is 1. The van der Waals surface area contributed by atoms with Gasteiger partial charge in [-0.25, -0.2) is 4.68 Å². The minimum atomic E-state index is -0.0268. The molecular formula is C24H27N3O3. The molecule has 1 aromatic heterocycles. The molecule has 1 amide bonds. The number of aromatic nitrogens is 2. The largest absolute Gasteiger partial charge is 0.493 e. The molecule has 2 heterocycles. The molecule has 0 bridgehead atoms. The van der Waals surface area contributed by atoms with Gasteiger partial charge in [0.05, 0.1) is 19.9 Å². The average Bonchev–Trinajstić information content (AvgIpc) is 3.24. The summed E-state index contributed by atoms with van der Waals surface area (Å²) in [5, 5.41) is 4.71. The lowest BCUT2D eigenvalue weighted by atomic mass is 9.99. The van der Waals surface area contributed by atoms with E-state index in [1.807, 2.05) is 59.6 Å². The fourth-order valence-corrected chi connectivity index (χ4v) is 3.98. The number of methoxy groups -OCH3 is 2. The lowest BCUT2D eigenvalue weighted by molar-refractivity contribution is 0.0677. The van der Waals surface area contributed by atoms with E-state index in [0.29, 0.717) is 23.1 Å². The van der Waals surface area contributed by atoms with Crippen LogP contribution in [-0.2, 0) is 0 Å². The Labute approximate surface area is 177 Å². The lowest BCUT2D eigenvalue weighted by Crippen LogP contribution is -2.39. The summed E-state index contributed by atoms with van der Waals surface area (Å²) in [6.07, 6.45) is 4.10. The summed E-state index contributed by atoms with van der Waals surface area (Å²) >= 11 is 0. The molecule has 6 heteroatoms. The third kappa shape index (κ3) is 3.90. The van der Waals surface area contributed by atoms with Gasteiger partial charge in [0, 0.05) is 24.8 Å². The molecule has 1 saturated heterocycles. The molecule has 0 aliphatic carbocycles. The first-order valence-electron chi connectivity index (χ1n) is 10.3. The molecule has 0 radical (unpaired) electrons. The molecule has 4 rings (SSSR count). The molecule has 1 aliphatic rings. The summed E-state index contributed by atoms with van der Waals surface area (Å²) in [6, 6.07) is 15.5. The maximum Gasteiger partial charge on any atom is 0.275 e. The number of hydrogen-bond acceptors (Lipinski definition) is 4. The van der Waals surface area contributed by atoms with E-state index in [0.717, 1.165) is 42.7 Å². The summed E-state index contributed by atoms with van der Waals surface area (Å²) in [6.45, 7) is 3.73. The summed E-state index contributed by atoms with van der Waals surface area (Å²) in [5.74, 6) is 1.74. The van der Waals surface area contributed by atoms with Gasteiger partial charge in [-0.3, -0.25) is 4.79 Å². The van der Waals surface area contributed by atoms with Crippen molar-refractivity contribution >= 4 is 5.91 Å². The van der Waals surface area contributed by atoms with Crippen LogP contribution in [0.3, 0.4) is 0 Å². The van der Waals surface area contributed by atoms with Crippen LogP contribution in [0.1, 0.15) is 30.3 Å². The van der Waals surface area contributed by atoms with Crippen LogP contribution in [0.5, 0.6) is 11.5 Å². The van der Waals surface area contributed by atoms with Gasteiger partial charge in [0.2, 0.25) is 0 Å². The predicted molar refractivity (Wildman–Crippen MR) is 116 cm³/mol. The molecule has 1 aliphatic heterocycles. The number of ether oxygens (including phenoxy) is 2. The number of nitrogens with zero attached hydrogens (tertiary/aromatic N) is 3. The molecular weight excluding hydrogens is 378 g/mol. The third-order valence-corrected chi connectivity index (χ3v) is 5.58. The van der Waals surface area contributed by atoms with Crippen molar-refractivity contribution in [3.8, 4) is 28.3 Å². The van der Waals surface area contributed by atoms with Crippen molar-refractivity contribution in [1.29, 1.82) is 0 Å². The van der Waals surface area contributed by atoms with E-state index in [2.05, 4.69) is 6.92 Å². The fourth-order valence-electron chi connectivity index (χ4n) is 3.98. The van der Waals surface area contributed by atoms with Crippen LogP contribution < -0.4 is 9.47 Å². The first-order chi connectivity index (χ1) is 14.6. The zero-order valence-corrected chi connectivity index (χ0v) is 17.7. The molecule has 1 fully saturated rings. The Morgan fingerprint density at radius 1 is 1.07 bits per heavy atom. The second-order valence-corrected chi connectivity index (χ2v) is 7.74. The molecule has 0 saturated carbocycles. The molecule has 1 unspecified atom stereocenters. The maximum absolute atomic E-state index is 13.5. The summed E-state index contributed by atoms with van der Waals surface area (Å²) in [5.41, 5.74) is 3.01. The van der Waals surface area contributed by atoms with Crippen molar-refractivity contribution in [2.24, 2.45) is 5.92 Å². The van der Waals surface area contributed by atoms with Crippen LogP contribution in [0.2, 0.25) is 0 Å². The standard InChI is InChI=1S/C24H27N3O3/c1-17-8-7-13-26(15-17)24(28)23-20(16-27(25-23)19-9-5-4-6-10-19)18-11-12-21(29-2)22(14-18)30-3/h4-6,9-12,14,16-17H,7-8,13,15H2,1-3H3. The van der Waals surface area contributed by atoms with Gasteiger partial charge >= 0.3 is 0 Å². The average molecular weight is 405 g/mol. The quantitative estimate of drug-likeness (QED) is 0.630. The molecule has 6 nitrogen and oxygen atoms in total. The van der Waals surface area contributed by atoms with Gasteiger partial charge < -0.3 is 14.4 Å². The first-order valence-corrected chi connectivity index (χ1v) is 10.3. The Bertz CT molecular complexity index is 1030. The first kappa shape index (κ1) is 20.0. The highest BCUT2D eigenvalue weighted by molar-refractivity contribution is 5.99. The Balaban J connectivity index is 1.80. The van der Waals surface area contributed by atoms with Crippen LogP contribution in [-0.4, -0.2) is 47.9 Å². The predicted octanol–water partition coefficient (Wildman–Crippen LogP) is 4.43. The van der Waals surface area contributed by atoms with E-state index >= 15 is 0 Å². The van der Waals surface area contributed by atoms with Gasteiger partial charge in [-0.2, -0.15) is 5.10 Å². The molecule has 156 valence electrons. The van der Waals surface area contributed by atoms with Crippen LogP contribution >= 0.6 is 0 Å². The molecule has 2 aromatic carbocycles. The summed E-state index contributed by atoms with van der Waals surface area (Å²) in [7, 11) is 3.22. The maximum atomic E-state index is 13.5. The molecule has 30 heavy (non-hydrogen) atoms. The van der Waals surface area contributed by atoms with Crippen LogP contribution in [0.4, 0.5) is 0 Å². The van der Waals surface area contributed by atoms with Crippen molar-refractivity contribution in [2.45, 2.75) is 19.8 Å². The van der Waals surface area contributed by atoms with Crippen molar-refractivity contribution in [1.82, 2.24) is 14.7 Å². The van der Waals surface area contributed by atoms with Gasteiger partial charge in [-0.15, -0.1) is 0 Å². The minimum absolute atomic E-state index is 0.0268. The van der Waals surface area contributed by atoms with Gasteiger partial charge in [0.1, 0.15) is 0 Å². The number of piperidine rings is 1. The zero-order valence-electron chi connectivity index (χ0n) is 17.7. The Morgan fingerprint density at radius 2 is 1.83 bits per heavy atom. The van der Waals surface area contributed by atoms with Crippen LogP contribution in [0.25, 0.3) is 16.8 Å². The number of rotatable bonds is 5. The molecule has 0 N–H and O–H groups in total. The monoisotopic (exact) mass is 405 g/mol. The highest BCUT2D eigenvalue weighted by atomic mass is 16.5. The van der Waals surface area contributed by atoms with Crippen molar-refractivity contribution in [2.75, 3.05) is 27.3 Å². The second kappa shape index (κ2) is 8.61. The van der Waals surface area contributed by atoms with Crippen LogP contribution in [0, 0.1) is 5.92 Å². The number of hydrogen-bond donors (Lipinski definition) is 0. The topological polar surface area (TPSA) is 56.6 Å². The number of amides is 1. The SMILES string of the molecule is COc1ccc(-c2cn(-c3ccccc3)nc2C(=O)N2CCCC(C)C2)cc1OC. The van der Waals surface area contributed by atoms with Crippen molar-refractivity contribution in [3.05, 3.63) is 60.4 Å². The Kier molecular flexibility index (Phi) is 5.74. The van der Waals surface area contributed by atoms with E-state index < -0.39 is 0 Å². The Morgan fingerprint density at radius 3 is 2.53 bits per heavy atom.